The van der Waals surface area contributed by atoms with Crippen LogP contribution >= 0.6 is 0 Å². The largest absolute Gasteiger partial charge is 0.491 e. The van der Waals surface area contributed by atoms with Gasteiger partial charge in [-0.15, -0.1) is 0 Å². The molecule has 0 saturated heterocycles. The van der Waals surface area contributed by atoms with Crippen LogP contribution < -0.4 is 4.74 Å². The van der Waals surface area contributed by atoms with Crippen LogP contribution in [0.1, 0.15) is 44.8 Å². The molecule has 1 fully saturated rings. The molecule has 2 rings (SSSR count). The van der Waals surface area contributed by atoms with Gasteiger partial charge >= 0.3 is 0 Å². The number of aliphatic hydroxyl groups is 1. The van der Waals surface area contributed by atoms with Gasteiger partial charge in [-0.25, -0.2) is 0 Å². The number of ether oxygens (including phenoxy) is 1. The van der Waals surface area contributed by atoms with Gasteiger partial charge in [-0.05, 0) is 44.4 Å². The Morgan fingerprint density at radius 1 is 1.28 bits per heavy atom. The highest BCUT2D eigenvalue weighted by Crippen LogP contribution is 2.49. The van der Waals surface area contributed by atoms with Crippen LogP contribution in [0.3, 0.4) is 0 Å². The summed E-state index contributed by atoms with van der Waals surface area (Å²) in [7, 11) is 0. The number of nitriles is 1. The van der Waals surface area contributed by atoms with E-state index in [0.29, 0.717) is 0 Å². The van der Waals surface area contributed by atoms with Gasteiger partial charge in [0.25, 0.3) is 0 Å². The van der Waals surface area contributed by atoms with E-state index in [-0.39, 0.29) is 6.10 Å². The summed E-state index contributed by atoms with van der Waals surface area (Å²) in [5.41, 5.74) is 0.229. The second-order valence-electron chi connectivity index (χ2n) is 5.26. The molecule has 0 aromatic heterocycles. The van der Waals surface area contributed by atoms with Gasteiger partial charge in [0.2, 0.25) is 0 Å². The Bertz CT molecular complexity index is 441. The van der Waals surface area contributed by atoms with E-state index in [1.54, 1.807) is 0 Å². The monoisotopic (exact) mass is 245 g/mol. The van der Waals surface area contributed by atoms with E-state index in [1.165, 1.54) is 0 Å². The van der Waals surface area contributed by atoms with E-state index in [4.69, 9.17) is 4.74 Å². The molecule has 1 aliphatic rings. The minimum absolute atomic E-state index is 0.137. The average Bonchev–Trinajstić information content (AvgIpc) is 2.28. The first-order valence-electron chi connectivity index (χ1n) is 6.43. The number of hydrogen-bond acceptors (Lipinski definition) is 3. The maximum atomic E-state index is 10.3. The molecule has 0 aliphatic heterocycles. The molecule has 0 amide bonds. The number of aliphatic hydroxyl groups excluding tert-OH is 1. The summed E-state index contributed by atoms with van der Waals surface area (Å²) in [4.78, 5) is 0. The Hall–Kier alpha value is -1.53. The van der Waals surface area contributed by atoms with Crippen molar-refractivity contribution in [3.8, 4) is 11.8 Å². The lowest BCUT2D eigenvalue weighted by molar-refractivity contribution is 0.00791. The van der Waals surface area contributed by atoms with Gasteiger partial charge < -0.3 is 9.84 Å². The highest BCUT2D eigenvalue weighted by atomic mass is 16.5. The topological polar surface area (TPSA) is 53.2 Å². The molecule has 0 heterocycles. The zero-order valence-corrected chi connectivity index (χ0v) is 10.9. The number of benzene rings is 1. The molecule has 18 heavy (non-hydrogen) atoms. The lowest BCUT2D eigenvalue weighted by Gasteiger charge is -2.39. The fourth-order valence-electron chi connectivity index (χ4n) is 2.32. The normalized spacial score (nSPS) is 18.8. The summed E-state index contributed by atoms with van der Waals surface area (Å²) < 4.78 is 5.55. The van der Waals surface area contributed by atoms with Crippen LogP contribution in [-0.2, 0) is 0 Å². The van der Waals surface area contributed by atoms with Gasteiger partial charge in [-0.1, -0.05) is 18.6 Å². The van der Waals surface area contributed by atoms with Crippen LogP contribution in [-0.4, -0.2) is 11.2 Å². The first-order chi connectivity index (χ1) is 8.57. The van der Waals surface area contributed by atoms with Crippen LogP contribution in [0.15, 0.2) is 24.3 Å². The van der Waals surface area contributed by atoms with Crippen molar-refractivity contribution in [3.05, 3.63) is 29.8 Å². The first kappa shape index (κ1) is 12.9. The fraction of sp³-hybridized carbons (Fsp3) is 0.533. The molecule has 1 aliphatic carbocycles. The minimum atomic E-state index is -0.690. The minimum Gasteiger partial charge on any atom is -0.491 e. The molecule has 96 valence electrons. The maximum absolute atomic E-state index is 10.3. The predicted octanol–water partition coefficient (Wildman–Crippen LogP) is 3.20. The molecule has 1 unspecified atom stereocenters. The summed E-state index contributed by atoms with van der Waals surface area (Å²) >= 11 is 0. The predicted molar refractivity (Wildman–Crippen MR) is 69.1 cm³/mol. The van der Waals surface area contributed by atoms with Gasteiger partial charge in [0.05, 0.1) is 23.7 Å². The smallest absolute Gasteiger partial charge is 0.119 e. The average molecular weight is 245 g/mol. The molecular formula is C15H19NO2. The molecule has 1 N–H and O–H groups in total. The van der Waals surface area contributed by atoms with Crippen LogP contribution in [0.4, 0.5) is 0 Å². The summed E-state index contributed by atoms with van der Waals surface area (Å²) in [5.74, 6) is 0.792. The Kier molecular flexibility index (Phi) is 3.58. The third-order valence-corrected chi connectivity index (χ3v) is 3.56. The Balaban J connectivity index is 2.12. The van der Waals surface area contributed by atoms with Gasteiger partial charge in [-0.3, -0.25) is 0 Å². The first-order valence-corrected chi connectivity index (χ1v) is 6.43. The van der Waals surface area contributed by atoms with Crippen molar-refractivity contribution in [2.75, 3.05) is 0 Å². The summed E-state index contributed by atoms with van der Waals surface area (Å²) in [6.45, 7) is 3.95. The van der Waals surface area contributed by atoms with Gasteiger partial charge in [0.1, 0.15) is 5.75 Å². The van der Waals surface area contributed by atoms with Crippen LogP contribution in [0.2, 0.25) is 0 Å². The molecule has 0 radical (unpaired) electrons. The lowest BCUT2D eigenvalue weighted by Crippen LogP contribution is -2.34. The van der Waals surface area contributed by atoms with Crippen LogP contribution in [0.25, 0.3) is 0 Å². The molecule has 0 bridgehead atoms. The van der Waals surface area contributed by atoms with Crippen molar-refractivity contribution in [2.45, 2.75) is 45.3 Å². The Morgan fingerprint density at radius 3 is 2.28 bits per heavy atom. The Labute approximate surface area is 108 Å². The van der Waals surface area contributed by atoms with Crippen molar-refractivity contribution >= 4 is 0 Å². The number of hydrogen-bond donors (Lipinski definition) is 1. The van der Waals surface area contributed by atoms with E-state index < -0.39 is 11.5 Å². The third-order valence-electron chi connectivity index (χ3n) is 3.56. The summed E-state index contributed by atoms with van der Waals surface area (Å²) in [6.07, 6.45) is 2.05. The molecule has 1 atom stereocenters. The zero-order valence-electron chi connectivity index (χ0n) is 10.9. The van der Waals surface area contributed by atoms with Gasteiger partial charge in [0, 0.05) is 0 Å². The molecular weight excluding hydrogens is 226 g/mol. The molecule has 3 heteroatoms. The van der Waals surface area contributed by atoms with E-state index in [9.17, 15) is 10.4 Å². The molecule has 3 nitrogen and oxygen atoms in total. The Morgan fingerprint density at radius 2 is 1.89 bits per heavy atom. The number of rotatable bonds is 4. The van der Waals surface area contributed by atoms with E-state index in [0.717, 1.165) is 30.6 Å². The van der Waals surface area contributed by atoms with Gasteiger partial charge in [-0.2, -0.15) is 5.26 Å². The highest BCUT2D eigenvalue weighted by molar-refractivity contribution is 5.31. The van der Waals surface area contributed by atoms with Crippen LogP contribution in [0, 0.1) is 16.7 Å². The van der Waals surface area contributed by atoms with Crippen molar-refractivity contribution in [3.63, 3.8) is 0 Å². The van der Waals surface area contributed by atoms with E-state index in [1.807, 2.05) is 38.1 Å². The lowest BCUT2D eigenvalue weighted by atomic mass is 9.65. The van der Waals surface area contributed by atoms with Crippen molar-refractivity contribution in [1.82, 2.24) is 0 Å². The number of nitrogens with zero attached hydrogens (tertiary/aromatic N) is 1. The third kappa shape index (κ3) is 2.34. The van der Waals surface area contributed by atoms with E-state index in [2.05, 4.69) is 6.07 Å². The molecule has 1 aromatic rings. The molecule has 0 spiro atoms. The quantitative estimate of drug-likeness (QED) is 0.886. The van der Waals surface area contributed by atoms with Crippen molar-refractivity contribution < 1.29 is 9.84 Å². The standard InChI is InChI=1S/C15H19NO2/c1-11(2)18-13-6-4-12(5-7-13)14(17)15(10-16)8-3-9-15/h4-7,11,14,17H,3,8-9H2,1-2H3. The van der Waals surface area contributed by atoms with E-state index >= 15 is 0 Å². The maximum Gasteiger partial charge on any atom is 0.119 e. The zero-order chi connectivity index (χ0) is 13.2. The highest BCUT2D eigenvalue weighted by Gasteiger charge is 2.44. The SMILES string of the molecule is CC(C)Oc1ccc(C(O)C2(C#N)CCC2)cc1. The van der Waals surface area contributed by atoms with Gasteiger partial charge in [0.15, 0.2) is 0 Å². The van der Waals surface area contributed by atoms with Crippen molar-refractivity contribution in [1.29, 1.82) is 5.26 Å². The molecule has 1 saturated carbocycles. The summed E-state index contributed by atoms with van der Waals surface area (Å²) in [5, 5.41) is 19.5. The summed E-state index contributed by atoms with van der Waals surface area (Å²) in [6, 6.07) is 9.67. The van der Waals surface area contributed by atoms with Crippen molar-refractivity contribution in [2.24, 2.45) is 5.41 Å². The second kappa shape index (κ2) is 4.99. The fourth-order valence-corrected chi connectivity index (χ4v) is 2.32. The molecule has 1 aromatic carbocycles. The van der Waals surface area contributed by atoms with Crippen LogP contribution in [0.5, 0.6) is 5.75 Å². The second-order valence-corrected chi connectivity index (χ2v) is 5.26.